The number of aliphatic hydroxyl groups excluding tert-OH is 1. The first-order valence-electron chi connectivity index (χ1n) is 8.09. The van der Waals surface area contributed by atoms with Crippen LogP contribution >= 0.6 is 0 Å². The molecule has 0 aromatic heterocycles. The minimum atomic E-state index is -4.43. The largest absolute Gasteiger partial charge is 0.416 e. The Labute approximate surface area is 139 Å². The molecule has 0 radical (unpaired) electrons. The summed E-state index contributed by atoms with van der Waals surface area (Å²) in [7, 11) is 0. The van der Waals surface area contributed by atoms with Gasteiger partial charge in [-0.15, -0.1) is 0 Å². The molecule has 1 aromatic carbocycles. The number of alkyl halides is 3. The predicted octanol–water partition coefficient (Wildman–Crippen LogP) is 3.36. The second kappa shape index (κ2) is 7.42. The summed E-state index contributed by atoms with van der Waals surface area (Å²) in [5, 5.41) is 11.8. The van der Waals surface area contributed by atoms with E-state index in [9.17, 15) is 18.0 Å². The van der Waals surface area contributed by atoms with Crippen LogP contribution in [-0.2, 0) is 6.18 Å². The summed E-state index contributed by atoms with van der Waals surface area (Å²) in [5.41, 5.74) is -0.508. The molecule has 2 atom stereocenters. The van der Waals surface area contributed by atoms with Gasteiger partial charge in [0.15, 0.2) is 0 Å². The van der Waals surface area contributed by atoms with Crippen molar-refractivity contribution in [2.45, 2.75) is 50.9 Å². The van der Waals surface area contributed by atoms with E-state index >= 15 is 0 Å². The fraction of sp³-hybridized carbons (Fsp3) is 0.588. The Morgan fingerprint density at radius 2 is 1.96 bits per heavy atom. The van der Waals surface area contributed by atoms with Crippen molar-refractivity contribution in [3.63, 3.8) is 0 Å². The molecule has 7 heteroatoms. The van der Waals surface area contributed by atoms with Gasteiger partial charge in [0, 0.05) is 24.5 Å². The molecular weight excluding hydrogens is 321 g/mol. The maximum atomic E-state index is 13.2. The lowest BCUT2D eigenvalue weighted by Gasteiger charge is -2.28. The van der Waals surface area contributed by atoms with Crippen LogP contribution in [0.5, 0.6) is 0 Å². The van der Waals surface area contributed by atoms with Crippen LogP contribution in [-0.4, -0.2) is 41.3 Å². The van der Waals surface area contributed by atoms with Crippen LogP contribution in [0.15, 0.2) is 24.3 Å². The lowest BCUT2D eigenvalue weighted by molar-refractivity contribution is -0.138. The highest BCUT2D eigenvalue weighted by Gasteiger charge is 2.36. The van der Waals surface area contributed by atoms with E-state index in [4.69, 9.17) is 5.11 Å². The highest BCUT2D eigenvalue weighted by molar-refractivity contribution is 5.75. The minimum Gasteiger partial charge on any atom is -0.395 e. The van der Waals surface area contributed by atoms with Crippen molar-refractivity contribution in [3.05, 3.63) is 35.4 Å². The summed E-state index contributed by atoms with van der Waals surface area (Å²) < 4.78 is 39.5. The van der Waals surface area contributed by atoms with Crippen LogP contribution in [0.1, 0.15) is 43.7 Å². The maximum absolute atomic E-state index is 13.2. The van der Waals surface area contributed by atoms with Crippen LogP contribution in [0.4, 0.5) is 18.0 Å². The third-order valence-corrected chi connectivity index (χ3v) is 4.45. The number of urea groups is 1. The first-order valence-corrected chi connectivity index (χ1v) is 8.09. The van der Waals surface area contributed by atoms with Gasteiger partial charge < -0.3 is 15.3 Å². The van der Waals surface area contributed by atoms with E-state index in [-0.39, 0.29) is 30.8 Å². The monoisotopic (exact) mass is 344 g/mol. The SMILES string of the molecule is CC(NC(=O)N(CCO)C1CC1)C(C)c1ccccc1C(F)(F)F. The van der Waals surface area contributed by atoms with Crippen LogP contribution in [0, 0.1) is 0 Å². The van der Waals surface area contributed by atoms with Gasteiger partial charge in [0.25, 0.3) is 0 Å². The van der Waals surface area contributed by atoms with E-state index in [2.05, 4.69) is 5.32 Å². The smallest absolute Gasteiger partial charge is 0.395 e. The van der Waals surface area contributed by atoms with Crippen LogP contribution in [0.25, 0.3) is 0 Å². The van der Waals surface area contributed by atoms with E-state index in [1.807, 2.05) is 0 Å². The Morgan fingerprint density at radius 3 is 2.50 bits per heavy atom. The number of carbonyl (C=O) groups is 1. The van der Waals surface area contributed by atoms with Gasteiger partial charge in [0.2, 0.25) is 0 Å². The molecule has 2 rings (SSSR count). The fourth-order valence-corrected chi connectivity index (χ4v) is 2.77. The average Bonchev–Trinajstić information content (AvgIpc) is 3.35. The molecule has 0 saturated heterocycles. The second-order valence-electron chi connectivity index (χ2n) is 6.26. The van der Waals surface area contributed by atoms with Gasteiger partial charge in [-0.1, -0.05) is 25.1 Å². The number of hydrogen-bond donors (Lipinski definition) is 2. The quantitative estimate of drug-likeness (QED) is 0.831. The van der Waals surface area contributed by atoms with Crippen molar-refractivity contribution in [1.29, 1.82) is 0 Å². The first kappa shape index (κ1) is 18.6. The molecule has 1 aliphatic carbocycles. The van der Waals surface area contributed by atoms with Gasteiger partial charge in [-0.2, -0.15) is 13.2 Å². The Balaban J connectivity index is 2.09. The molecule has 134 valence electrons. The maximum Gasteiger partial charge on any atom is 0.416 e. The summed E-state index contributed by atoms with van der Waals surface area (Å²) in [6, 6.07) is 4.75. The highest BCUT2D eigenvalue weighted by Crippen LogP contribution is 2.36. The summed E-state index contributed by atoms with van der Waals surface area (Å²) in [6.45, 7) is 3.46. The van der Waals surface area contributed by atoms with Crippen molar-refractivity contribution in [2.24, 2.45) is 0 Å². The molecule has 2 unspecified atom stereocenters. The molecule has 2 N–H and O–H groups in total. The molecule has 0 spiro atoms. The predicted molar refractivity (Wildman–Crippen MR) is 84.7 cm³/mol. The molecule has 1 aliphatic rings. The molecule has 24 heavy (non-hydrogen) atoms. The zero-order valence-corrected chi connectivity index (χ0v) is 13.8. The van der Waals surface area contributed by atoms with Crippen LogP contribution in [0.3, 0.4) is 0 Å². The molecule has 0 aliphatic heterocycles. The van der Waals surface area contributed by atoms with Gasteiger partial charge in [0.05, 0.1) is 12.2 Å². The van der Waals surface area contributed by atoms with Gasteiger partial charge in [0.1, 0.15) is 0 Å². The molecule has 0 heterocycles. The van der Waals surface area contributed by atoms with Crippen molar-refractivity contribution in [1.82, 2.24) is 10.2 Å². The normalized spacial score (nSPS) is 17.2. The Morgan fingerprint density at radius 1 is 1.33 bits per heavy atom. The number of amides is 2. The number of aliphatic hydroxyl groups is 1. The molecule has 4 nitrogen and oxygen atoms in total. The summed E-state index contributed by atoms with van der Waals surface area (Å²) >= 11 is 0. The number of nitrogens with one attached hydrogen (secondary N) is 1. The van der Waals surface area contributed by atoms with Crippen molar-refractivity contribution in [3.8, 4) is 0 Å². The first-order chi connectivity index (χ1) is 11.3. The zero-order valence-electron chi connectivity index (χ0n) is 13.8. The van der Waals surface area contributed by atoms with Crippen molar-refractivity contribution >= 4 is 6.03 Å². The zero-order chi connectivity index (χ0) is 17.9. The molecule has 1 fully saturated rings. The third-order valence-electron chi connectivity index (χ3n) is 4.45. The van der Waals surface area contributed by atoms with E-state index in [0.29, 0.717) is 0 Å². The van der Waals surface area contributed by atoms with E-state index in [1.54, 1.807) is 24.8 Å². The Kier molecular flexibility index (Phi) is 5.74. The lowest BCUT2D eigenvalue weighted by Crippen LogP contribution is -2.47. The number of benzene rings is 1. The van der Waals surface area contributed by atoms with E-state index in [0.717, 1.165) is 18.9 Å². The Hall–Kier alpha value is -1.76. The molecule has 1 saturated carbocycles. The standard InChI is InChI=1S/C17H23F3N2O2/c1-11(14-5-3-4-6-15(14)17(18,19)20)12(2)21-16(24)22(9-10-23)13-7-8-13/h3-6,11-13,23H,7-10H2,1-2H3,(H,21,24). The van der Waals surface area contributed by atoms with Gasteiger partial charge >= 0.3 is 12.2 Å². The van der Waals surface area contributed by atoms with Crippen LogP contribution < -0.4 is 5.32 Å². The topological polar surface area (TPSA) is 52.6 Å². The molecular formula is C17H23F3N2O2. The van der Waals surface area contributed by atoms with Crippen LogP contribution in [0.2, 0.25) is 0 Å². The lowest BCUT2D eigenvalue weighted by atomic mass is 9.90. The molecule has 1 aromatic rings. The van der Waals surface area contributed by atoms with Crippen molar-refractivity contribution in [2.75, 3.05) is 13.2 Å². The molecule has 2 amide bonds. The third kappa shape index (κ3) is 4.41. The van der Waals surface area contributed by atoms with E-state index in [1.165, 1.54) is 12.1 Å². The van der Waals surface area contributed by atoms with Gasteiger partial charge in [-0.25, -0.2) is 4.79 Å². The number of carbonyl (C=O) groups excluding carboxylic acids is 1. The average molecular weight is 344 g/mol. The van der Waals surface area contributed by atoms with E-state index < -0.39 is 23.7 Å². The van der Waals surface area contributed by atoms with Crippen molar-refractivity contribution < 1.29 is 23.1 Å². The number of rotatable bonds is 6. The summed E-state index contributed by atoms with van der Waals surface area (Å²) in [4.78, 5) is 13.9. The summed E-state index contributed by atoms with van der Waals surface area (Å²) in [6.07, 6.45) is -2.63. The number of halogens is 3. The fourth-order valence-electron chi connectivity index (χ4n) is 2.77. The highest BCUT2D eigenvalue weighted by atomic mass is 19.4. The minimum absolute atomic E-state index is 0.127. The number of nitrogens with zero attached hydrogens (tertiary/aromatic N) is 1. The Bertz CT molecular complexity index is 573. The summed E-state index contributed by atoms with van der Waals surface area (Å²) in [5.74, 6) is -0.498. The number of hydrogen-bond acceptors (Lipinski definition) is 2. The van der Waals surface area contributed by atoms with Gasteiger partial charge in [-0.05, 0) is 31.4 Å². The second-order valence-corrected chi connectivity index (χ2v) is 6.26. The molecule has 0 bridgehead atoms. The van der Waals surface area contributed by atoms with Gasteiger partial charge in [-0.3, -0.25) is 0 Å².